The Morgan fingerprint density at radius 1 is 1.40 bits per heavy atom. The molecule has 1 aliphatic rings. The lowest BCUT2D eigenvalue weighted by Gasteiger charge is -2.34. The molecule has 0 bridgehead atoms. The second-order valence-corrected chi connectivity index (χ2v) is 6.42. The van der Waals surface area contributed by atoms with Crippen molar-refractivity contribution in [3.63, 3.8) is 0 Å². The number of aryl methyl sites for hydroxylation is 1. The van der Waals surface area contributed by atoms with Crippen LogP contribution in [0.3, 0.4) is 0 Å². The average Bonchev–Trinajstić information content (AvgIpc) is 3.12. The fourth-order valence-corrected chi connectivity index (χ4v) is 3.55. The van der Waals surface area contributed by atoms with Gasteiger partial charge in [0.15, 0.2) is 11.3 Å². The number of likely N-dealkylation sites (N-methyl/N-ethyl adjacent to an activating group) is 1. The Morgan fingerprint density at radius 2 is 2.20 bits per heavy atom. The van der Waals surface area contributed by atoms with Crippen molar-refractivity contribution >= 4 is 29.3 Å². The number of benzene rings is 1. The third-order valence-electron chi connectivity index (χ3n) is 3.96. The monoisotopic (exact) mass is 360 g/mol. The zero-order valence-electron chi connectivity index (χ0n) is 14.1. The Morgan fingerprint density at radius 3 is 2.96 bits per heavy atom. The van der Waals surface area contributed by atoms with Gasteiger partial charge in [-0.05, 0) is 19.1 Å². The van der Waals surface area contributed by atoms with Gasteiger partial charge in [0.25, 0.3) is 5.91 Å². The van der Waals surface area contributed by atoms with Crippen molar-refractivity contribution in [1.29, 1.82) is 0 Å². The maximum atomic E-state index is 12.8. The summed E-state index contributed by atoms with van der Waals surface area (Å²) in [6.45, 7) is 3.02. The average molecular weight is 360 g/mol. The van der Waals surface area contributed by atoms with Crippen molar-refractivity contribution in [2.75, 3.05) is 24.2 Å². The zero-order valence-corrected chi connectivity index (χ0v) is 15.0. The number of fused-ring (bicyclic) bond motifs is 1. The first kappa shape index (κ1) is 17.3. The summed E-state index contributed by atoms with van der Waals surface area (Å²) < 4.78 is 7.71. The van der Waals surface area contributed by atoms with Gasteiger partial charge >= 0.3 is 0 Å². The molecule has 1 aromatic heterocycles. The van der Waals surface area contributed by atoms with Crippen LogP contribution < -0.4 is 15.0 Å². The van der Waals surface area contributed by atoms with Gasteiger partial charge < -0.3 is 19.5 Å². The van der Waals surface area contributed by atoms with Gasteiger partial charge in [-0.3, -0.25) is 9.59 Å². The van der Waals surface area contributed by atoms with E-state index >= 15 is 0 Å². The fraction of sp³-hybridized carbons (Fsp3) is 0.353. The van der Waals surface area contributed by atoms with Gasteiger partial charge in [-0.2, -0.15) is 0 Å². The highest BCUT2D eigenvalue weighted by Gasteiger charge is 2.33. The van der Waals surface area contributed by atoms with Gasteiger partial charge in [-0.15, -0.1) is 0 Å². The number of anilines is 1. The Bertz CT molecular complexity index is 777. The largest absolute Gasteiger partial charge is 0.477 e. The molecule has 1 aromatic carbocycles. The van der Waals surface area contributed by atoms with Crippen LogP contribution in [-0.4, -0.2) is 46.8 Å². The van der Waals surface area contributed by atoms with Crippen molar-refractivity contribution in [3.05, 3.63) is 36.7 Å². The number of hydrogen-bond acceptors (Lipinski definition) is 5. The molecule has 132 valence electrons. The Kier molecular flexibility index (Phi) is 5.28. The Hall–Kier alpha value is -2.48. The molecule has 1 aliphatic heterocycles. The van der Waals surface area contributed by atoms with Crippen molar-refractivity contribution in [2.45, 2.75) is 24.7 Å². The minimum absolute atomic E-state index is 0.0830. The van der Waals surface area contributed by atoms with E-state index < -0.39 is 6.10 Å². The first-order valence-corrected chi connectivity index (χ1v) is 9.04. The number of para-hydroxylation sites is 2. The van der Waals surface area contributed by atoms with E-state index in [1.54, 1.807) is 24.2 Å². The molecule has 25 heavy (non-hydrogen) atoms. The summed E-state index contributed by atoms with van der Waals surface area (Å²) in [4.78, 5) is 30.7. The van der Waals surface area contributed by atoms with Crippen LogP contribution in [0, 0.1) is 0 Å². The molecule has 0 fully saturated rings. The van der Waals surface area contributed by atoms with Crippen molar-refractivity contribution in [3.8, 4) is 5.75 Å². The first-order chi connectivity index (χ1) is 12.1. The normalized spacial score (nSPS) is 16.1. The fourth-order valence-electron chi connectivity index (χ4n) is 2.65. The molecule has 0 spiro atoms. The van der Waals surface area contributed by atoms with Crippen LogP contribution in [0.15, 0.2) is 41.8 Å². The van der Waals surface area contributed by atoms with E-state index in [4.69, 9.17) is 4.74 Å². The molecule has 0 saturated heterocycles. The van der Waals surface area contributed by atoms with E-state index in [1.165, 1.54) is 11.8 Å². The third-order valence-corrected chi connectivity index (χ3v) is 4.95. The van der Waals surface area contributed by atoms with Crippen LogP contribution in [0.4, 0.5) is 5.69 Å². The van der Waals surface area contributed by atoms with E-state index in [1.807, 2.05) is 35.9 Å². The topological polar surface area (TPSA) is 76.5 Å². The van der Waals surface area contributed by atoms with Gasteiger partial charge in [0.05, 0.1) is 18.0 Å². The number of aromatic nitrogens is 2. The molecule has 7 nitrogen and oxygen atoms in total. The van der Waals surface area contributed by atoms with E-state index in [2.05, 4.69) is 10.3 Å². The molecule has 0 saturated carbocycles. The number of nitrogens with one attached hydrogen (secondary N) is 1. The molecule has 3 rings (SSSR count). The SMILES string of the molecule is CCn1ccnc1SCC(=O)N1CC(C(=O)NC)Oc2ccccc21. The minimum Gasteiger partial charge on any atom is -0.477 e. The standard InChI is InChI=1S/C17H20N4O3S/c1-3-20-9-8-19-17(20)25-11-15(22)21-10-14(16(23)18-2)24-13-7-5-4-6-12(13)21/h4-9,14H,3,10-11H2,1-2H3,(H,18,23). The number of ether oxygens (including phenoxy) is 1. The van der Waals surface area contributed by atoms with E-state index in [0.29, 0.717) is 11.4 Å². The van der Waals surface area contributed by atoms with Crippen LogP contribution in [-0.2, 0) is 16.1 Å². The molecule has 2 aromatic rings. The smallest absolute Gasteiger partial charge is 0.262 e. The molecule has 2 heterocycles. The minimum atomic E-state index is -0.716. The molecule has 2 amide bonds. The summed E-state index contributed by atoms with van der Waals surface area (Å²) in [5, 5.41) is 3.38. The number of hydrogen-bond donors (Lipinski definition) is 1. The van der Waals surface area contributed by atoms with Crippen LogP contribution in [0.5, 0.6) is 5.75 Å². The van der Waals surface area contributed by atoms with Gasteiger partial charge in [-0.25, -0.2) is 4.98 Å². The van der Waals surface area contributed by atoms with Crippen molar-refractivity contribution < 1.29 is 14.3 Å². The molecule has 0 aliphatic carbocycles. The number of carbonyl (C=O) groups is 2. The lowest BCUT2D eigenvalue weighted by Crippen LogP contribution is -2.50. The zero-order chi connectivity index (χ0) is 17.8. The number of nitrogens with zero attached hydrogens (tertiary/aromatic N) is 3. The highest BCUT2D eigenvalue weighted by Crippen LogP contribution is 2.33. The summed E-state index contributed by atoms with van der Waals surface area (Å²) in [6, 6.07) is 7.26. The summed E-state index contributed by atoms with van der Waals surface area (Å²) in [5.41, 5.74) is 0.687. The van der Waals surface area contributed by atoms with Crippen molar-refractivity contribution in [2.24, 2.45) is 0 Å². The number of carbonyl (C=O) groups excluding carboxylic acids is 2. The van der Waals surface area contributed by atoms with Crippen LogP contribution in [0.2, 0.25) is 0 Å². The second kappa shape index (κ2) is 7.60. The maximum Gasteiger partial charge on any atom is 0.262 e. The number of amides is 2. The predicted octanol–water partition coefficient (Wildman–Crippen LogP) is 1.54. The summed E-state index contributed by atoms with van der Waals surface area (Å²) in [7, 11) is 1.55. The lowest BCUT2D eigenvalue weighted by atomic mass is 10.2. The Balaban J connectivity index is 1.77. The molecular weight excluding hydrogens is 340 g/mol. The molecule has 1 atom stereocenters. The highest BCUT2D eigenvalue weighted by molar-refractivity contribution is 7.99. The molecular formula is C17H20N4O3S. The van der Waals surface area contributed by atoms with Crippen LogP contribution in [0.25, 0.3) is 0 Å². The third kappa shape index (κ3) is 3.63. The highest BCUT2D eigenvalue weighted by atomic mass is 32.2. The second-order valence-electron chi connectivity index (χ2n) is 5.48. The lowest BCUT2D eigenvalue weighted by molar-refractivity contribution is -0.127. The van der Waals surface area contributed by atoms with E-state index in [0.717, 1.165) is 11.7 Å². The number of imidazole rings is 1. The van der Waals surface area contributed by atoms with Gasteiger partial charge in [-0.1, -0.05) is 23.9 Å². The first-order valence-electron chi connectivity index (χ1n) is 8.05. The number of thioether (sulfide) groups is 1. The quantitative estimate of drug-likeness (QED) is 0.819. The predicted molar refractivity (Wildman–Crippen MR) is 95.9 cm³/mol. The molecule has 8 heteroatoms. The van der Waals surface area contributed by atoms with Crippen LogP contribution in [0.1, 0.15) is 6.92 Å². The summed E-state index contributed by atoms with van der Waals surface area (Å²) >= 11 is 1.39. The van der Waals surface area contributed by atoms with Gasteiger partial charge in [0, 0.05) is 26.0 Å². The van der Waals surface area contributed by atoms with E-state index in [9.17, 15) is 9.59 Å². The molecule has 0 radical (unpaired) electrons. The van der Waals surface area contributed by atoms with E-state index in [-0.39, 0.29) is 24.1 Å². The molecule has 1 N–H and O–H groups in total. The molecule has 1 unspecified atom stereocenters. The van der Waals surface area contributed by atoms with Crippen LogP contribution >= 0.6 is 11.8 Å². The van der Waals surface area contributed by atoms with Gasteiger partial charge in [0.2, 0.25) is 5.91 Å². The number of rotatable bonds is 5. The maximum absolute atomic E-state index is 12.8. The van der Waals surface area contributed by atoms with Gasteiger partial charge in [0.1, 0.15) is 5.75 Å². The Labute approximate surface area is 150 Å². The summed E-state index contributed by atoms with van der Waals surface area (Å²) in [6.07, 6.45) is 2.90. The summed E-state index contributed by atoms with van der Waals surface area (Å²) in [5.74, 6) is 0.448. The van der Waals surface area contributed by atoms with Crippen molar-refractivity contribution in [1.82, 2.24) is 14.9 Å².